The summed E-state index contributed by atoms with van der Waals surface area (Å²) in [6.07, 6.45) is 1.01. The Hall–Kier alpha value is -1.35. The van der Waals surface area contributed by atoms with Crippen molar-refractivity contribution < 1.29 is 0 Å². The van der Waals surface area contributed by atoms with Crippen molar-refractivity contribution in [3.05, 3.63) is 30.0 Å². The summed E-state index contributed by atoms with van der Waals surface area (Å²) < 4.78 is 1.99. The second kappa shape index (κ2) is 5.33. The molecule has 0 radical (unpaired) electrons. The number of nitrogens with zero attached hydrogens (tertiary/aromatic N) is 2. The second-order valence-electron chi connectivity index (χ2n) is 6.10. The number of para-hydroxylation sites is 1. The van der Waals surface area contributed by atoms with Gasteiger partial charge in [0.15, 0.2) is 0 Å². The van der Waals surface area contributed by atoms with Gasteiger partial charge in [0.05, 0.1) is 11.2 Å². The molecule has 0 aliphatic rings. The van der Waals surface area contributed by atoms with E-state index < -0.39 is 0 Å². The average Bonchev–Trinajstić information content (AvgIpc) is 2.67. The summed E-state index contributed by atoms with van der Waals surface area (Å²) in [6.45, 7) is 7.94. The summed E-state index contributed by atoms with van der Waals surface area (Å²) in [5.74, 6) is 0.612. The lowest BCUT2D eigenvalue weighted by atomic mass is 9.75. The lowest BCUT2D eigenvalue weighted by molar-refractivity contribution is 0.210. The molecule has 19 heavy (non-hydrogen) atoms. The highest BCUT2D eigenvalue weighted by Crippen LogP contribution is 2.32. The van der Waals surface area contributed by atoms with Gasteiger partial charge in [0.2, 0.25) is 0 Å². The number of fused-ring (bicyclic) bond motifs is 1. The van der Waals surface area contributed by atoms with Gasteiger partial charge in [-0.25, -0.2) is 0 Å². The fraction of sp³-hybridized carbons (Fsp3) is 0.562. The predicted octanol–water partition coefficient (Wildman–Crippen LogP) is 3.00. The first-order chi connectivity index (χ1) is 8.98. The molecular formula is C16H25N3. The van der Waals surface area contributed by atoms with Crippen LogP contribution in [-0.2, 0) is 13.5 Å². The Morgan fingerprint density at radius 3 is 2.63 bits per heavy atom. The summed E-state index contributed by atoms with van der Waals surface area (Å²) >= 11 is 0. The van der Waals surface area contributed by atoms with Crippen molar-refractivity contribution in [3.63, 3.8) is 0 Å². The third-order valence-electron chi connectivity index (χ3n) is 4.38. The van der Waals surface area contributed by atoms with Gasteiger partial charge in [-0.15, -0.1) is 0 Å². The summed E-state index contributed by atoms with van der Waals surface area (Å²) in [4.78, 5) is 0. The maximum atomic E-state index is 4.73. The molecule has 3 heteroatoms. The number of rotatable bonds is 5. The minimum absolute atomic E-state index is 0.228. The van der Waals surface area contributed by atoms with E-state index >= 15 is 0 Å². The highest BCUT2D eigenvalue weighted by Gasteiger charge is 2.29. The van der Waals surface area contributed by atoms with Gasteiger partial charge in [0.25, 0.3) is 0 Å². The molecule has 1 unspecified atom stereocenters. The van der Waals surface area contributed by atoms with E-state index in [1.807, 2.05) is 18.8 Å². The summed E-state index contributed by atoms with van der Waals surface area (Å²) in [7, 11) is 4.05. The molecular weight excluding hydrogens is 234 g/mol. The Morgan fingerprint density at radius 1 is 1.32 bits per heavy atom. The van der Waals surface area contributed by atoms with Crippen molar-refractivity contribution in [1.29, 1.82) is 0 Å². The van der Waals surface area contributed by atoms with Gasteiger partial charge in [-0.05, 0) is 30.9 Å². The zero-order valence-electron chi connectivity index (χ0n) is 12.7. The Balaban J connectivity index is 2.40. The predicted molar refractivity (Wildman–Crippen MR) is 81.3 cm³/mol. The van der Waals surface area contributed by atoms with Crippen LogP contribution in [0, 0.1) is 11.3 Å². The Bertz CT molecular complexity index is 556. The van der Waals surface area contributed by atoms with Crippen LogP contribution in [0.5, 0.6) is 0 Å². The van der Waals surface area contributed by atoms with Gasteiger partial charge < -0.3 is 5.32 Å². The zero-order valence-corrected chi connectivity index (χ0v) is 12.7. The number of hydrogen-bond donors (Lipinski definition) is 1. The van der Waals surface area contributed by atoms with E-state index in [-0.39, 0.29) is 5.41 Å². The molecule has 1 heterocycles. The lowest BCUT2D eigenvalue weighted by Gasteiger charge is -2.33. The fourth-order valence-electron chi connectivity index (χ4n) is 2.68. The monoisotopic (exact) mass is 259 g/mol. The molecule has 2 rings (SSSR count). The molecule has 0 fully saturated rings. The van der Waals surface area contributed by atoms with Crippen molar-refractivity contribution in [3.8, 4) is 0 Å². The third kappa shape index (κ3) is 2.66. The maximum Gasteiger partial charge on any atom is 0.0709 e. The van der Waals surface area contributed by atoms with Gasteiger partial charge in [-0.2, -0.15) is 5.10 Å². The second-order valence-corrected chi connectivity index (χ2v) is 6.10. The number of aryl methyl sites for hydroxylation is 1. The average molecular weight is 259 g/mol. The van der Waals surface area contributed by atoms with Crippen molar-refractivity contribution in [1.82, 2.24) is 15.1 Å². The van der Waals surface area contributed by atoms with Gasteiger partial charge in [0.1, 0.15) is 0 Å². The van der Waals surface area contributed by atoms with Crippen LogP contribution in [-0.4, -0.2) is 23.4 Å². The van der Waals surface area contributed by atoms with Crippen LogP contribution in [0.4, 0.5) is 0 Å². The largest absolute Gasteiger partial charge is 0.319 e. The molecule has 0 bridgehead atoms. The first-order valence-electron chi connectivity index (χ1n) is 7.03. The van der Waals surface area contributed by atoms with E-state index in [0.29, 0.717) is 5.92 Å². The Kier molecular flexibility index (Phi) is 3.95. The van der Waals surface area contributed by atoms with Gasteiger partial charge in [0, 0.05) is 19.0 Å². The smallest absolute Gasteiger partial charge is 0.0709 e. The quantitative estimate of drug-likeness (QED) is 0.894. The van der Waals surface area contributed by atoms with Crippen molar-refractivity contribution in [2.24, 2.45) is 18.4 Å². The number of hydrogen-bond acceptors (Lipinski definition) is 2. The molecule has 0 saturated heterocycles. The molecule has 1 atom stereocenters. The van der Waals surface area contributed by atoms with E-state index in [2.05, 4.69) is 50.4 Å². The normalized spacial score (nSPS) is 15.1. The molecule has 0 aliphatic heterocycles. The molecule has 1 aromatic heterocycles. The molecule has 0 aliphatic carbocycles. The number of benzene rings is 1. The molecule has 104 valence electrons. The van der Waals surface area contributed by atoms with Gasteiger partial charge in [-0.3, -0.25) is 4.68 Å². The maximum absolute atomic E-state index is 4.73. The van der Waals surface area contributed by atoms with E-state index in [9.17, 15) is 0 Å². The highest BCUT2D eigenvalue weighted by molar-refractivity contribution is 5.81. The van der Waals surface area contributed by atoms with E-state index in [1.54, 1.807) is 0 Å². The number of nitrogens with one attached hydrogen (secondary N) is 1. The molecule has 0 saturated carbocycles. The number of aromatic nitrogens is 2. The molecule has 2 aromatic rings. The zero-order chi connectivity index (χ0) is 14.0. The van der Waals surface area contributed by atoms with Crippen LogP contribution >= 0.6 is 0 Å². The lowest BCUT2D eigenvalue weighted by Crippen LogP contribution is -2.36. The summed E-state index contributed by atoms with van der Waals surface area (Å²) in [5, 5.41) is 9.34. The van der Waals surface area contributed by atoms with Crippen molar-refractivity contribution >= 4 is 10.9 Å². The first-order valence-corrected chi connectivity index (χ1v) is 7.03. The van der Waals surface area contributed by atoms with E-state index in [4.69, 9.17) is 5.10 Å². The van der Waals surface area contributed by atoms with Crippen LogP contribution in [0.25, 0.3) is 10.9 Å². The van der Waals surface area contributed by atoms with Crippen LogP contribution < -0.4 is 5.32 Å². The van der Waals surface area contributed by atoms with E-state index in [1.165, 1.54) is 16.6 Å². The molecule has 0 spiro atoms. The fourth-order valence-corrected chi connectivity index (χ4v) is 2.68. The topological polar surface area (TPSA) is 29.9 Å². The molecule has 1 N–H and O–H groups in total. The van der Waals surface area contributed by atoms with Crippen LogP contribution in [0.2, 0.25) is 0 Å². The summed E-state index contributed by atoms with van der Waals surface area (Å²) in [5.41, 5.74) is 2.66. The highest BCUT2D eigenvalue weighted by atomic mass is 15.3. The minimum atomic E-state index is 0.228. The SMILES string of the molecule is CNCC(C)(Cc1nn(C)c2ccccc12)C(C)C. The summed E-state index contributed by atoms with van der Waals surface area (Å²) in [6, 6.07) is 8.48. The standard InChI is InChI=1S/C16H25N3/c1-12(2)16(3,11-17-4)10-14-13-8-6-7-9-15(13)19(5)18-14/h6-9,12,17H,10-11H2,1-5H3. The molecule has 1 aromatic carbocycles. The first kappa shape index (κ1) is 14.1. The van der Waals surface area contributed by atoms with Crippen LogP contribution in [0.15, 0.2) is 24.3 Å². The van der Waals surface area contributed by atoms with Gasteiger partial charge in [-0.1, -0.05) is 39.0 Å². The third-order valence-corrected chi connectivity index (χ3v) is 4.38. The van der Waals surface area contributed by atoms with Crippen molar-refractivity contribution in [2.45, 2.75) is 27.2 Å². The Morgan fingerprint density at radius 2 is 2.00 bits per heavy atom. The van der Waals surface area contributed by atoms with Gasteiger partial charge >= 0.3 is 0 Å². The van der Waals surface area contributed by atoms with Crippen LogP contribution in [0.3, 0.4) is 0 Å². The van der Waals surface area contributed by atoms with E-state index in [0.717, 1.165) is 13.0 Å². The van der Waals surface area contributed by atoms with Crippen LogP contribution in [0.1, 0.15) is 26.5 Å². The van der Waals surface area contributed by atoms with Crippen molar-refractivity contribution in [2.75, 3.05) is 13.6 Å². The molecule has 3 nitrogen and oxygen atoms in total. The Labute approximate surface area is 116 Å². The molecule has 0 amide bonds. The minimum Gasteiger partial charge on any atom is -0.319 e.